The molecule has 82 valence electrons. The molecule has 0 fully saturated rings. The van der Waals surface area contributed by atoms with Crippen LogP contribution >= 0.6 is 0 Å². The lowest BCUT2D eigenvalue weighted by Gasteiger charge is -1.86. The van der Waals surface area contributed by atoms with Crippen molar-refractivity contribution in [1.82, 2.24) is 0 Å². The number of hydrogen-bond acceptors (Lipinski definition) is 1. The van der Waals surface area contributed by atoms with E-state index in [1.807, 2.05) is 52.8 Å². The fraction of sp³-hybridized carbons (Fsp3) is 0.615. The molecule has 1 heteroatoms. The third-order valence-electron chi connectivity index (χ3n) is 1.13. The Morgan fingerprint density at radius 3 is 2.00 bits per heavy atom. The van der Waals surface area contributed by atoms with Crippen LogP contribution in [0, 0.1) is 11.3 Å². The molecule has 0 aromatic rings. The van der Waals surface area contributed by atoms with E-state index in [9.17, 15) is 0 Å². The molecule has 0 bridgehead atoms. The van der Waals surface area contributed by atoms with Crippen molar-refractivity contribution in [1.29, 1.82) is 5.26 Å². The highest BCUT2D eigenvalue weighted by Gasteiger charge is 1.84. The molecule has 14 heavy (non-hydrogen) atoms. The molecule has 0 radical (unpaired) electrons. The monoisotopic (exact) mass is 195 g/mol. The summed E-state index contributed by atoms with van der Waals surface area (Å²) in [4.78, 5) is 0. The van der Waals surface area contributed by atoms with E-state index in [-0.39, 0.29) is 0 Å². The Kier molecular flexibility index (Phi) is 30.3. The molecule has 0 unspecified atom stereocenters. The Morgan fingerprint density at radius 1 is 1.21 bits per heavy atom. The summed E-state index contributed by atoms with van der Waals surface area (Å²) >= 11 is 0. The molecule has 0 aliphatic rings. The van der Waals surface area contributed by atoms with Gasteiger partial charge in [-0.2, -0.15) is 5.26 Å². The van der Waals surface area contributed by atoms with Gasteiger partial charge in [-0.05, 0) is 19.4 Å². The van der Waals surface area contributed by atoms with E-state index in [0.717, 1.165) is 18.4 Å². The molecule has 0 spiro atoms. The molecule has 0 rings (SSSR count). The zero-order valence-electron chi connectivity index (χ0n) is 10.6. The normalized spacial score (nSPS) is 9.36. The summed E-state index contributed by atoms with van der Waals surface area (Å²) in [6.07, 6.45) is 7.76. The zero-order valence-corrected chi connectivity index (χ0v) is 10.6. The van der Waals surface area contributed by atoms with Crippen LogP contribution in [0.15, 0.2) is 23.8 Å². The van der Waals surface area contributed by atoms with Gasteiger partial charge in [-0.15, -0.1) is 0 Å². The summed E-state index contributed by atoms with van der Waals surface area (Å²) in [6, 6.07) is 2.11. The van der Waals surface area contributed by atoms with Gasteiger partial charge in [0, 0.05) is 5.57 Å². The zero-order chi connectivity index (χ0) is 11.8. The van der Waals surface area contributed by atoms with E-state index in [0.29, 0.717) is 0 Å². The fourth-order valence-corrected chi connectivity index (χ4v) is 0.630. The molecule has 0 saturated carbocycles. The molecule has 0 heterocycles. The van der Waals surface area contributed by atoms with Crippen LogP contribution in [0.1, 0.15) is 54.4 Å². The predicted molar refractivity (Wildman–Crippen MR) is 66.1 cm³/mol. The number of hydrogen-bond donors (Lipinski definition) is 0. The van der Waals surface area contributed by atoms with E-state index in [2.05, 4.69) is 13.0 Å². The number of unbranched alkanes of at least 4 members (excludes halogenated alkanes) is 1. The van der Waals surface area contributed by atoms with Gasteiger partial charge < -0.3 is 0 Å². The van der Waals surface area contributed by atoms with Crippen LogP contribution in [0.4, 0.5) is 0 Å². The molecule has 0 atom stereocenters. The van der Waals surface area contributed by atoms with Crippen LogP contribution < -0.4 is 0 Å². The fourth-order valence-electron chi connectivity index (χ4n) is 0.630. The van der Waals surface area contributed by atoms with E-state index in [4.69, 9.17) is 5.26 Å². The number of nitrogens with zero attached hydrogens (tertiary/aromatic N) is 1. The van der Waals surface area contributed by atoms with Gasteiger partial charge in [-0.3, -0.25) is 0 Å². The van der Waals surface area contributed by atoms with E-state index in [1.165, 1.54) is 0 Å². The van der Waals surface area contributed by atoms with Gasteiger partial charge in [0.2, 0.25) is 0 Å². The van der Waals surface area contributed by atoms with E-state index >= 15 is 0 Å². The van der Waals surface area contributed by atoms with Gasteiger partial charge in [-0.25, -0.2) is 0 Å². The van der Waals surface area contributed by atoms with Crippen LogP contribution in [-0.4, -0.2) is 0 Å². The Labute approximate surface area is 90.1 Å². The highest BCUT2D eigenvalue weighted by Crippen LogP contribution is 1.98. The summed E-state index contributed by atoms with van der Waals surface area (Å²) in [7, 11) is 0. The smallest absolute Gasteiger partial charge is 0.0988 e. The minimum absolute atomic E-state index is 0.768. The second kappa shape index (κ2) is 22.7. The van der Waals surface area contributed by atoms with Crippen molar-refractivity contribution in [2.75, 3.05) is 0 Å². The van der Waals surface area contributed by atoms with Gasteiger partial charge in [0.15, 0.2) is 0 Å². The van der Waals surface area contributed by atoms with Gasteiger partial charge in [0.05, 0.1) is 6.07 Å². The lowest BCUT2D eigenvalue weighted by Crippen LogP contribution is -1.71. The number of rotatable bonds is 3. The summed E-state index contributed by atoms with van der Waals surface area (Å²) < 4.78 is 0. The summed E-state index contributed by atoms with van der Waals surface area (Å²) in [6.45, 7) is 12.0. The minimum atomic E-state index is 0.768. The SMILES string of the molecule is C/C=C\C(C#N)=C/CCC.CC.CC. The highest BCUT2D eigenvalue weighted by atomic mass is 14.2. The first-order valence-electron chi connectivity index (χ1n) is 5.58. The molecular weight excluding hydrogens is 170 g/mol. The summed E-state index contributed by atoms with van der Waals surface area (Å²) in [5.41, 5.74) is 0.768. The maximum Gasteiger partial charge on any atom is 0.0988 e. The van der Waals surface area contributed by atoms with Crippen LogP contribution in [0.25, 0.3) is 0 Å². The molecule has 0 N–H and O–H groups in total. The van der Waals surface area contributed by atoms with Crippen LogP contribution in [0.2, 0.25) is 0 Å². The van der Waals surface area contributed by atoms with Crippen molar-refractivity contribution in [3.63, 3.8) is 0 Å². The molecule has 0 aliphatic heterocycles. The van der Waals surface area contributed by atoms with Crippen molar-refractivity contribution < 1.29 is 0 Å². The largest absolute Gasteiger partial charge is 0.192 e. The summed E-state index contributed by atoms with van der Waals surface area (Å²) in [5.74, 6) is 0. The lowest BCUT2D eigenvalue weighted by molar-refractivity contribution is 0.955. The van der Waals surface area contributed by atoms with Gasteiger partial charge in [0.1, 0.15) is 0 Å². The molecule has 0 aliphatic carbocycles. The average Bonchev–Trinajstić information content (AvgIpc) is 2.29. The second-order valence-corrected chi connectivity index (χ2v) is 2.06. The highest BCUT2D eigenvalue weighted by molar-refractivity contribution is 5.32. The Hall–Kier alpha value is -1.03. The van der Waals surface area contributed by atoms with E-state index < -0.39 is 0 Å². The van der Waals surface area contributed by atoms with Crippen molar-refractivity contribution in [3.05, 3.63) is 23.8 Å². The first-order valence-corrected chi connectivity index (χ1v) is 5.58. The third-order valence-corrected chi connectivity index (χ3v) is 1.13. The average molecular weight is 195 g/mol. The van der Waals surface area contributed by atoms with Gasteiger partial charge in [0.25, 0.3) is 0 Å². The molecule has 0 saturated heterocycles. The third kappa shape index (κ3) is 17.2. The predicted octanol–water partition coefficient (Wildman–Crippen LogP) is 4.86. The topological polar surface area (TPSA) is 23.8 Å². The Balaban J connectivity index is -0.000000266. The number of nitriles is 1. The summed E-state index contributed by atoms with van der Waals surface area (Å²) in [5, 5.41) is 8.51. The van der Waals surface area contributed by atoms with Crippen molar-refractivity contribution in [3.8, 4) is 6.07 Å². The first kappa shape index (κ1) is 18.7. The molecular formula is C13H25N. The van der Waals surface area contributed by atoms with Crippen molar-refractivity contribution in [2.45, 2.75) is 54.4 Å². The Morgan fingerprint density at radius 2 is 1.71 bits per heavy atom. The van der Waals surface area contributed by atoms with Crippen LogP contribution in [0.3, 0.4) is 0 Å². The lowest BCUT2D eigenvalue weighted by atomic mass is 10.2. The standard InChI is InChI=1S/C9H13N.2C2H6/c1-3-5-7-9(8-10)6-4-2;2*1-2/h4,6-7H,3,5H2,1-2H3;2*1-2H3/b6-4-,9-7+;;. The molecule has 1 nitrogen and oxygen atoms in total. The van der Waals surface area contributed by atoms with Gasteiger partial charge >= 0.3 is 0 Å². The van der Waals surface area contributed by atoms with E-state index in [1.54, 1.807) is 0 Å². The quantitative estimate of drug-likeness (QED) is 0.466. The van der Waals surface area contributed by atoms with Crippen LogP contribution in [0.5, 0.6) is 0 Å². The van der Waals surface area contributed by atoms with Gasteiger partial charge in [-0.1, -0.05) is 53.2 Å². The number of allylic oxidation sites excluding steroid dienone is 4. The molecule has 0 aromatic heterocycles. The first-order chi connectivity index (χ1) is 6.85. The second-order valence-electron chi connectivity index (χ2n) is 2.06. The van der Waals surface area contributed by atoms with Crippen molar-refractivity contribution >= 4 is 0 Å². The molecule has 0 aromatic carbocycles. The minimum Gasteiger partial charge on any atom is -0.192 e. The maximum atomic E-state index is 8.51. The molecule has 0 amide bonds. The van der Waals surface area contributed by atoms with Crippen LogP contribution in [-0.2, 0) is 0 Å². The maximum absolute atomic E-state index is 8.51. The Bertz CT molecular complexity index is 170. The van der Waals surface area contributed by atoms with Crippen molar-refractivity contribution in [2.24, 2.45) is 0 Å².